The van der Waals surface area contributed by atoms with Gasteiger partial charge in [-0.15, -0.1) is 0 Å². The van der Waals surface area contributed by atoms with Gasteiger partial charge in [0.1, 0.15) is 0 Å². The number of fused-ring (bicyclic) bond motifs is 1. The van der Waals surface area contributed by atoms with Gasteiger partial charge in [-0.05, 0) is 35.2 Å². The molecule has 110 valence electrons. The van der Waals surface area contributed by atoms with E-state index in [1.165, 1.54) is 48.4 Å². The average molecular weight is 281 g/mol. The van der Waals surface area contributed by atoms with Crippen LogP contribution in [0.25, 0.3) is 10.8 Å². The molecule has 0 radical (unpaired) electrons. The summed E-state index contributed by atoms with van der Waals surface area (Å²) in [5.41, 5.74) is 1.40. The van der Waals surface area contributed by atoms with E-state index < -0.39 is 0 Å². The van der Waals surface area contributed by atoms with Gasteiger partial charge in [0.15, 0.2) is 0 Å². The quantitative estimate of drug-likeness (QED) is 0.845. The predicted molar refractivity (Wildman–Crippen MR) is 86.5 cm³/mol. The third kappa shape index (κ3) is 2.58. The summed E-state index contributed by atoms with van der Waals surface area (Å²) in [7, 11) is 0. The Morgan fingerprint density at radius 2 is 1.76 bits per heavy atom. The third-order valence-corrected chi connectivity index (χ3v) is 5.08. The second kappa shape index (κ2) is 5.43. The van der Waals surface area contributed by atoms with Crippen LogP contribution < -0.4 is 5.32 Å². The van der Waals surface area contributed by atoms with E-state index in [4.69, 9.17) is 4.74 Å². The highest BCUT2D eigenvalue weighted by atomic mass is 16.5. The second-order valence-corrected chi connectivity index (χ2v) is 6.59. The minimum atomic E-state index is 0.0901. The zero-order chi connectivity index (χ0) is 14.1. The first-order valence-corrected chi connectivity index (χ1v) is 8.22. The minimum absolute atomic E-state index is 0.0901. The van der Waals surface area contributed by atoms with Crippen molar-refractivity contribution in [1.82, 2.24) is 5.32 Å². The van der Waals surface area contributed by atoms with Gasteiger partial charge in [-0.3, -0.25) is 0 Å². The predicted octanol–water partition coefficient (Wildman–Crippen LogP) is 4.20. The summed E-state index contributed by atoms with van der Waals surface area (Å²) in [6, 6.07) is 15.3. The highest BCUT2D eigenvalue weighted by Crippen LogP contribution is 2.38. The Morgan fingerprint density at radius 3 is 2.62 bits per heavy atom. The molecule has 2 heteroatoms. The highest BCUT2D eigenvalue weighted by molar-refractivity contribution is 5.83. The molecule has 0 bridgehead atoms. The Hall–Kier alpha value is -1.38. The molecule has 2 nitrogen and oxygen atoms in total. The molecule has 0 aromatic heterocycles. The van der Waals surface area contributed by atoms with Crippen molar-refractivity contribution in [3.63, 3.8) is 0 Å². The molecule has 2 fully saturated rings. The van der Waals surface area contributed by atoms with Crippen LogP contribution in [0.1, 0.15) is 43.8 Å². The van der Waals surface area contributed by atoms with Crippen molar-refractivity contribution in [3.8, 4) is 0 Å². The number of hydrogen-bond acceptors (Lipinski definition) is 2. The Balaban J connectivity index is 1.61. The molecule has 1 unspecified atom stereocenters. The Bertz CT molecular complexity index is 625. The molecule has 0 amide bonds. The van der Waals surface area contributed by atoms with E-state index in [1.807, 2.05) is 0 Å². The number of benzene rings is 2. The number of rotatable bonds is 1. The Kier molecular flexibility index (Phi) is 3.44. The van der Waals surface area contributed by atoms with E-state index in [1.54, 1.807) is 0 Å². The molecule has 4 rings (SSSR count). The number of ether oxygens (including phenoxy) is 1. The second-order valence-electron chi connectivity index (χ2n) is 6.59. The molecule has 1 atom stereocenters. The van der Waals surface area contributed by atoms with Crippen LogP contribution in [0.3, 0.4) is 0 Å². The van der Waals surface area contributed by atoms with Gasteiger partial charge in [0.25, 0.3) is 0 Å². The molecular weight excluding hydrogens is 258 g/mol. The van der Waals surface area contributed by atoms with Gasteiger partial charge in [0.05, 0.1) is 11.7 Å². The molecule has 2 aromatic carbocycles. The zero-order valence-corrected chi connectivity index (χ0v) is 12.5. The fourth-order valence-electron chi connectivity index (χ4n) is 3.90. The SMILES string of the molecule is c1ccc2cc(C3CNCC4(CCCCC4)O3)ccc2c1. The van der Waals surface area contributed by atoms with Crippen LogP contribution in [-0.2, 0) is 4.74 Å². The summed E-state index contributed by atoms with van der Waals surface area (Å²) >= 11 is 0. The molecular formula is C19H23NO. The molecule has 1 saturated carbocycles. The third-order valence-electron chi connectivity index (χ3n) is 5.08. The van der Waals surface area contributed by atoms with Crippen LogP contribution >= 0.6 is 0 Å². The number of hydrogen-bond donors (Lipinski definition) is 1. The monoisotopic (exact) mass is 281 g/mol. The van der Waals surface area contributed by atoms with Gasteiger partial charge < -0.3 is 10.1 Å². The normalized spacial score (nSPS) is 25.2. The fourth-order valence-corrected chi connectivity index (χ4v) is 3.90. The van der Waals surface area contributed by atoms with Gasteiger partial charge >= 0.3 is 0 Å². The van der Waals surface area contributed by atoms with Crippen LogP contribution in [0.2, 0.25) is 0 Å². The van der Waals surface area contributed by atoms with Crippen molar-refractivity contribution in [2.45, 2.75) is 43.8 Å². The summed E-state index contributed by atoms with van der Waals surface area (Å²) in [5.74, 6) is 0. The van der Waals surface area contributed by atoms with Gasteiger partial charge in [-0.25, -0.2) is 0 Å². The smallest absolute Gasteiger partial charge is 0.0957 e. The number of nitrogens with one attached hydrogen (secondary N) is 1. The molecule has 1 aliphatic carbocycles. The lowest BCUT2D eigenvalue weighted by Gasteiger charge is -2.44. The van der Waals surface area contributed by atoms with Crippen LogP contribution in [0.15, 0.2) is 42.5 Å². The summed E-state index contributed by atoms with van der Waals surface area (Å²) < 4.78 is 6.59. The Labute approximate surface area is 126 Å². The van der Waals surface area contributed by atoms with Crippen LogP contribution in [0.4, 0.5) is 0 Å². The van der Waals surface area contributed by atoms with Crippen LogP contribution in [0.5, 0.6) is 0 Å². The van der Waals surface area contributed by atoms with E-state index in [9.17, 15) is 0 Å². The molecule has 1 saturated heterocycles. The molecule has 2 aliphatic rings. The van der Waals surface area contributed by atoms with E-state index in [0.717, 1.165) is 13.1 Å². The molecule has 1 heterocycles. The van der Waals surface area contributed by atoms with Crippen molar-refractivity contribution in [3.05, 3.63) is 48.0 Å². The molecule has 1 aliphatic heterocycles. The zero-order valence-electron chi connectivity index (χ0n) is 12.5. The Morgan fingerprint density at radius 1 is 0.952 bits per heavy atom. The highest BCUT2D eigenvalue weighted by Gasteiger charge is 2.38. The first-order chi connectivity index (χ1) is 10.3. The first-order valence-electron chi connectivity index (χ1n) is 8.22. The maximum absolute atomic E-state index is 6.59. The van der Waals surface area contributed by atoms with Crippen molar-refractivity contribution in [1.29, 1.82) is 0 Å². The van der Waals surface area contributed by atoms with E-state index in [0.29, 0.717) is 0 Å². The maximum atomic E-state index is 6.59. The van der Waals surface area contributed by atoms with Crippen LogP contribution in [0, 0.1) is 0 Å². The molecule has 21 heavy (non-hydrogen) atoms. The molecule has 1 spiro atoms. The standard InChI is InChI=1S/C19H23NO/c1-4-10-19(11-5-1)14-20-13-18(21-19)17-9-8-15-6-2-3-7-16(15)12-17/h2-3,6-9,12,18,20H,1,4-5,10-11,13-14H2. The van der Waals surface area contributed by atoms with E-state index >= 15 is 0 Å². The van der Waals surface area contributed by atoms with E-state index in [-0.39, 0.29) is 11.7 Å². The largest absolute Gasteiger partial charge is 0.364 e. The van der Waals surface area contributed by atoms with Gasteiger partial charge in [-0.1, -0.05) is 55.7 Å². The lowest BCUT2D eigenvalue weighted by Crippen LogP contribution is -2.51. The summed E-state index contributed by atoms with van der Waals surface area (Å²) in [6.07, 6.45) is 6.61. The van der Waals surface area contributed by atoms with Crippen molar-refractivity contribution >= 4 is 10.8 Å². The van der Waals surface area contributed by atoms with Gasteiger partial charge in [-0.2, -0.15) is 0 Å². The summed E-state index contributed by atoms with van der Waals surface area (Å²) in [5, 5.41) is 6.23. The van der Waals surface area contributed by atoms with Gasteiger partial charge in [0, 0.05) is 13.1 Å². The first kappa shape index (κ1) is 13.3. The van der Waals surface area contributed by atoms with Gasteiger partial charge in [0.2, 0.25) is 0 Å². The molecule has 2 aromatic rings. The fraction of sp³-hybridized carbons (Fsp3) is 0.474. The van der Waals surface area contributed by atoms with Crippen molar-refractivity contribution in [2.24, 2.45) is 0 Å². The van der Waals surface area contributed by atoms with Crippen LogP contribution in [-0.4, -0.2) is 18.7 Å². The topological polar surface area (TPSA) is 21.3 Å². The minimum Gasteiger partial charge on any atom is -0.364 e. The lowest BCUT2D eigenvalue weighted by atomic mass is 9.83. The van der Waals surface area contributed by atoms with Crippen molar-refractivity contribution in [2.75, 3.05) is 13.1 Å². The average Bonchev–Trinajstić information content (AvgIpc) is 2.55. The molecule has 1 N–H and O–H groups in total. The van der Waals surface area contributed by atoms with E-state index in [2.05, 4.69) is 47.8 Å². The number of morpholine rings is 1. The van der Waals surface area contributed by atoms with Crippen molar-refractivity contribution < 1.29 is 4.74 Å². The lowest BCUT2D eigenvalue weighted by molar-refractivity contribution is -0.135. The summed E-state index contributed by atoms with van der Waals surface area (Å²) in [4.78, 5) is 0. The summed E-state index contributed by atoms with van der Waals surface area (Å²) in [6.45, 7) is 1.96. The maximum Gasteiger partial charge on any atom is 0.0957 e.